The average molecular weight is 249 g/mol. The third-order valence-corrected chi connectivity index (χ3v) is 3.65. The van der Waals surface area contributed by atoms with Crippen molar-refractivity contribution in [2.45, 2.75) is 19.3 Å². The highest BCUT2D eigenvalue weighted by Gasteiger charge is 2.33. The number of aromatic nitrogens is 3. The Hall–Kier alpha value is -1.82. The molecule has 0 atom stereocenters. The predicted octanol–water partition coefficient (Wildman–Crippen LogP) is 1.96. The van der Waals surface area contributed by atoms with E-state index in [1.165, 1.54) is 11.3 Å². The summed E-state index contributed by atoms with van der Waals surface area (Å²) in [5.74, 6) is -0.916. The first-order valence-electron chi connectivity index (χ1n) is 5.00. The van der Waals surface area contributed by atoms with Crippen molar-refractivity contribution in [1.29, 1.82) is 0 Å². The van der Waals surface area contributed by atoms with Gasteiger partial charge in [-0.25, -0.2) is 0 Å². The zero-order valence-electron chi connectivity index (χ0n) is 9.41. The zero-order valence-corrected chi connectivity index (χ0v) is 10.2. The Kier molecular flexibility index (Phi) is 2.89. The molecule has 0 aliphatic heterocycles. The second-order valence-corrected chi connectivity index (χ2v) is 5.04. The Morgan fingerprint density at radius 2 is 2.12 bits per heavy atom. The van der Waals surface area contributed by atoms with Gasteiger partial charge < -0.3 is 5.11 Å². The smallest absolute Gasteiger partial charge is 0.316 e. The van der Waals surface area contributed by atoms with Gasteiger partial charge in [0.1, 0.15) is 16.1 Å². The van der Waals surface area contributed by atoms with Crippen molar-refractivity contribution in [3.8, 4) is 10.7 Å². The monoisotopic (exact) mass is 249 g/mol. The van der Waals surface area contributed by atoms with Crippen molar-refractivity contribution in [2.75, 3.05) is 0 Å². The van der Waals surface area contributed by atoms with Crippen molar-refractivity contribution >= 4 is 17.3 Å². The molecule has 0 aromatic carbocycles. The summed E-state index contributed by atoms with van der Waals surface area (Å²) in [7, 11) is 0. The molecule has 2 rings (SSSR count). The molecule has 0 radical (unpaired) electrons. The van der Waals surface area contributed by atoms with E-state index in [4.69, 9.17) is 5.11 Å². The molecule has 5 nitrogen and oxygen atoms in total. The third-order valence-electron chi connectivity index (χ3n) is 2.38. The number of pyridine rings is 1. The highest BCUT2D eigenvalue weighted by molar-refractivity contribution is 7.14. The van der Waals surface area contributed by atoms with Gasteiger partial charge >= 0.3 is 5.97 Å². The maximum atomic E-state index is 11.1. The highest BCUT2D eigenvalue weighted by atomic mass is 32.1. The van der Waals surface area contributed by atoms with Gasteiger partial charge in [-0.1, -0.05) is 17.4 Å². The summed E-state index contributed by atoms with van der Waals surface area (Å²) in [4.78, 5) is 15.2. The molecule has 0 unspecified atom stereocenters. The molecule has 0 aliphatic rings. The molecular formula is C11H11N3O2S. The summed E-state index contributed by atoms with van der Waals surface area (Å²) >= 11 is 1.26. The molecule has 2 aromatic heterocycles. The van der Waals surface area contributed by atoms with E-state index < -0.39 is 11.4 Å². The number of rotatable bonds is 3. The van der Waals surface area contributed by atoms with Gasteiger partial charge in [-0.2, -0.15) is 0 Å². The van der Waals surface area contributed by atoms with E-state index in [0.717, 1.165) is 0 Å². The lowest BCUT2D eigenvalue weighted by molar-refractivity contribution is -0.142. The molecule has 0 spiro atoms. The third kappa shape index (κ3) is 2.16. The average Bonchev–Trinajstić information content (AvgIpc) is 2.80. The summed E-state index contributed by atoms with van der Waals surface area (Å²) < 4.78 is 0. The number of hydrogen-bond donors (Lipinski definition) is 1. The van der Waals surface area contributed by atoms with Crippen LogP contribution >= 0.6 is 11.3 Å². The maximum absolute atomic E-state index is 11.1. The molecule has 0 saturated heterocycles. The van der Waals surface area contributed by atoms with Crippen LogP contribution in [0.3, 0.4) is 0 Å². The van der Waals surface area contributed by atoms with Gasteiger partial charge in [0.25, 0.3) is 0 Å². The predicted molar refractivity (Wildman–Crippen MR) is 63.8 cm³/mol. The zero-order chi connectivity index (χ0) is 12.5. The Morgan fingerprint density at radius 3 is 2.71 bits per heavy atom. The van der Waals surface area contributed by atoms with Crippen LogP contribution in [0, 0.1) is 0 Å². The summed E-state index contributed by atoms with van der Waals surface area (Å²) in [6.45, 7) is 3.22. The van der Waals surface area contributed by atoms with E-state index in [1.807, 2.05) is 18.2 Å². The van der Waals surface area contributed by atoms with Crippen LogP contribution < -0.4 is 0 Å². The molecule has 0 amide bonds. The first kappa shape index (κ1) is 11.7. The van der Waals surface area contributed by atoms with Crippen LogP contribution in [-0.4, -0.2) is 26.3 Å². The number of aliphatic carboxylic acids is 1. The normalized spacial score (nSPS) is 11.4. The molecular weight excluding hydrogens is 238 g/mol. The number of carbonyl (C=O) groups is 1. The fourth-order valence-corrected chi connectivity index (χ4v) is 2.07. The summed E-state index contributed by atoms with van der Waals surface area (Å²) in [5.41, 5.74) is -0.317. The Bertz CT molecular complexity index is 537. The van der Waals surface area contributed by atoms with Gasteiger partial charge in [0, 0.05) is 6.20 Å². The number of hydrogen-bond acceptors (Lipinski definition) is 5. The van der Waals surface area contributed by atoms with Crippen LogP contribution in [0.25, 0.3) is 10.7 Å². The van der Waals surface area contributed by atoms with Gasteiger partial charge in [-0.3, -0.25) is 9.78 Å². The van der Waals surface area contributed by atoms with E-state index in [1.54, 1.807) is 20.0 Å². The molecule has 0 bridgehead atoms. The minimum Gasteiger partial charge on any atom is -0.481 e. The van der Waals surface area contributed by atoms with E-state index in [0.29, 0.717) is 15.7 Å². The molecule has 0 aliphatic carbocycles. The Morgan fingerprint density at radius 1 is 1.35 bits per heavy atom. The van der Waals surface area contributed by atoms with Crippen molar-refractivity contribution in [3.05, 3.63) is 29.4 Å². The van der Waals surface area contributed by atoms with Crippen molar-refractivity contribution in [3.63, 3.8) is 0 Å². The molecule has 17 heavy (non-hydrogen) atoms. The minimum absolute atomic E-state index is 0.477. The van der Waals surface area contributed by atoms with Gasteiger partial charge in [0.05, 0.1) is 0 Å². The number of carboxylic acids is 1. The van der Waals surface area contributed by atoms with E-state index in [2.05, 4.69) is 15.2 Å². The first-order valence-corrected chi connectivity index (χ1v) is 5.82. The second kappa shape index (κ2) is 4.21. The van der Waals surface area contributed by atoms with Gasteiger partial charge in [-0.15, -0.1) is 10.2 Å². The minimum atomic E-state index is -1.02. The van der Waals surface area contributed by atoms with Crippen LogP contribution in [0.5, 0.6) is 0 Å². The number of nitrogens with zero attached hydrogens (tertiary/aromatic N) is 3. The first-order chi connectivity index (χ1) is 8.01. The maximum Gasteiger partial charge on any atom is 0.316 e. The van der Waals surface area contributed by atoms with E-state index in [9.17, 15) is 4.79 Å². The molecule has 88 valence electrons. The SMILES string of the molecule is CC(C)(C(=O)O)c1nnc(-c2ccccn2)s1. The number of carboxylic acid groups (broad SMARTS) is 1. The quantitative estimate of drug-likeness (QED) is 0.899. The molecule has 1 N–H and O–H groups in total. The van der Waals surface area contributed by atoms with Crippen molar-refractivity contribution in [2.24, 2.45) is 0 Å². The molecule has 2 heterocycles. The standard InChI is InChI=1S/C11H11N3O2S/c1-11(2,10(15)16)9-14-13-8(17-9)7-5-3-4-6-12-7/h3-6H,1-2H3,(H,15,16). The summed E-state index contributed by atoms with van der Waals surface area (Å²) in [5, 5.41) is 18.1. The molecule has 0 fully saturated rings. The summed E-state index contributed by atoms with van der Waals surface area (Å²) in [6, 6.07) is 5.48. The lowest BCUT2D eigenvalue weighted by Gasteiger charge is -2.13. The van der Waals surface area contributed by atoms with Crippen LogP contribution in [0.2, 0.25) is 0 Å². The van der Waals surface area contributed by atoms with Crippen LogP contribution in [0.1, 0.15) is 18.9 Å². The van der Waals surface area contributed by atoms with Gasteiger partial charge in [-0.05, 0) is 26.0 Å². The Labute approximate surface area is 102 Å². The van der Waals surface area contributed by atoms with Gasteiger partial charge in [0.15, 0.2) is 5.01 Å². The second-order valence-electron chi connectivity index (χ2n) is 4.06. The van der Waals surface area contributed by atoms with Crippen molar-refractivity contribution < 1.29 is 9.90 Å². The largest absolute Gasteiger partial charge is 0.481 e. The lowest BCUT2D eigenvalue weighted by atomic mass is 9.95. The van der Waals surface area contributed by atoms with E-state index >= 15 is 0 Å². The highest BCUT2D eigenvalue weighted by Crippen LogP contribution is 2.30. The topological polar surface area (TPSA) is 76.0 Å². The molecule has 2 aromatic rings. The van der Waals surface area contributed by atoms with E-state index in [-0.39, 0.29) is 0 Å². The van der Waals surface area contributed by atoms with Crippen LogP contribution in [-0.2, 0) is 10.2 Å². The van der Waals surface area contributed by atoms with Gasteiger partial charge in [0.2, 0.25) is 0 Å². The van der Waals surface area contributed by atoms with Crippen LogP contribution in [0.15, 0.2) is 24.4 Å². The fraction of sp³-hybridized carbons (Fsp3) is 0.273. The van der Waals surface area contributed by atoms with Crippen LogP contribution in [0.4, 0.5) is 0 Å². The molecule has 6 heteroatoms. The molecule has 0 saturated carbocycles. The summed E-state index contributed by atoms with van der Waals surface area (Å²) in [6.07, 6.45) is 1.67. The Balaban J connectivity index is 2.38. The fourth-order valence-electron chi connectivity index (χ4n) is 1.16. The van der Waals surface area contributed by atoms with Crippen molar-refractivity contribution in [1.82, 2.24) is 15.2 Å². The lowest BCUT2D eigenvalue weighted by Crippen LogP contribution is -2.28.